The van der Waals surface area contributed by atoms with Crippen molar-refractivity contribution < 1.29 is 4.79 Å². The first-order valence-electron chi connectivity index (χ1n) is 5.39. The van der Waals surface area contributed by atoms with Crippen LogP contribution in [0.2, 0.25) is 0 Å². The van der Waals surface area contributed by atoms with Gasteiger partial charge in [-0.25, -0.2) is 14.8 Å². The molecule has 2 amide bonds. The fraction of sp³-hybridized carbons (Fsp3) is 0.364. The topological polar surface area (TPSA) is 61.6 Å². The van der Waals surface area contributed by atoms with Gasteiger partial charge in [-0.2, -0.15) is 0 Å². The Hall–Kier alpha value is -1.59. The van der Waals surface area contributed by atoms with Gasteiger partial charge < -0.3 is 11.1 Å². The van der Waals surface area contributed by atoms with E-state index in [-0.39, 0.29) is 0 Å². The third-order valence-corrected chi connectivity index (χ3v) is 2.59. The van der Waals surface area contributed by atoms with E-state index in [9.17, 15) is 4.79 Å². The molecule has 0 aromatic heterocycles. The Labute approximate surface area is 94.8 Å². The summed E-state index contributed by atoms with van der Waals surface area (Å²) in [7, 11) is 0. The van der Waals surface area contributed by atoms with E-state index in [0.29, 0.717) is 0 Å². The molecule has 1 aliphatic rings. The minimum atomic E-state index is -0.437. The number of hydrazine groups is 1. The van der Waals surface area contributed by atoms with Crippen LogP contribution < -0.4 is 16.1 Å². The number of carbonyl (C=O) groups is 1. The molecule has 16 heavy (non-hydrogen) atoms. The average molecular weight is 220 g/mol. The summed E-state index contributed by atoms with van der Waals surface area (Å²) in [5, 5.41) is 6.75. The fourth-order valence-corrected chi connectivity index (χ4v) is 1.85. The zero-order chi connectivity index (χ0) is 11.4. The quantitative estimate of drug-likeness (QED) is 0.758. The smallest absolute Gasteiger partial charge is 0.334 e. The highest BCUT2D eigenvalue weighted by molar-refractivity contribution is 5.89. The van der Waals surface area contributed by atoms with E-state index in [0.717, 1.165) is 31.9 Å². The number of nitrogens with zero attached hydrogens (tertiary/aromatic N) is 2. The van der Waals surface area contributed by atoms with E-state index in [1.54, 1.807) is 5.01 Å². The van der Waals surface area contributed by atoms with Crippen LogP contribution in [0.15, 0.2) is 30.3 Å². The van der Waals surface area contributed by atoms with Gasteiger partial charge in [-0.15, -0.1) is 0 Å². The van der Waals surface area contributed by atoms with E-state index in [2.05, 4.69) is 5.32 Å². The largest absolute Gasteiger partial charge is 0.350 e. The number of nitrogens with two attached hydrogens (primary N) is 1. The minimum Gasteiger partial charge on any atom is -0.350 e. The zero-order valence-electron chi connectivity index (χ0n) is 9.10. The Kier molecular flexibility index (Phi) is 3.38. The molecule has 0 spiro atoms. The van der Waals surface area contributed by atoms with Gasteiger partial charge in [0.15, 0.2) is 0 Å². The van der Waals surface area contributed by atoms with Gasteiger partial charge in [-0.1, -0.05) is 18.2 Å². The Balaban J connectivity index is 2.20. The Morgan fingerprint density at radius 1 is 1.25 bits per heavy atom. The second-order valence-electron chi connectivity index (χ2n) is 3.69. The van der Waals surface area contributed by atoms with Crippen LogP contribution in [-0.2, 0) is 0 Å². The van der Waals surface area contributed by atoms with Gasteiger partial charge in [0.05, 0.1) is 5.69 Å². The van der Waals surface area contributed by atoms with E-state index >= 15 is 0 Å². The third kappa shape index (κ3) is 2.32. The normalized spacial score (nSPS) is 17.0. The van der Waals surface area contributed by atoms with Gasteiger partial charge in [0, 0.05) is 26.2 Å². The summed E-state index contributed by atoms with van der Waals surface area (Å²) in [5.74, 6) is 0. The molecule has 0 aliphatic carbocycles. The predicted molar refractivity (Wildman–Crippen MR) is 62.9 cm³/mol. The maximum Gasteiger partial charge on any atom is 0.334 e. The van der Waals surface area contributed by atoms with Crippen LogP contribution in [-0.4, -0.2) is 37.2 Å². The number of amides is 2. The number of piperazine rings is 1. The monoisotopic (exact) mass is 220 g/mol. The van der Waals surface area contributed by atoms with E-state index < -0.39 is 6.03 Å². The predicted octanol–water partition coefficient (Wildman–Crippen LogP) is 0.392. The van der Waals surface area contributed by atoms with E-state index in [4.69, 9.17) is 5.73 Å². The van der Waals surface area contributed by atoms with Crippen molar-refractivity contribution in [1.82, 2.24) is 10.3 Å². The molecule has 1 aliphatic heterocycles. The van der Waals surface area contributed by atoms with Crippen molar-refractivity contribution in [3.05, 3.63) is 30.3 Å². The first-order valence-corrected chi connectivity index (χ1v) is 5.39. The maximum absolute atomic E-state index is 11.5. The summed E-state index contributed by atoms with van der Waals surface area (Å²) in [6.45, 7) is 3.32. The number of nitrogens with one attached hydrogen (secondary N) is 1. The Morgan fingerprint density at radius 2 is 1.88 bits per heavy atom. The molecule has 1 heterocycles. The van der Waals surface area contributed by atoms with Crippen LogP contribution in [0.5, 0.6) is 0 Å². The summed E-state index contributed by atoms with van der Waals surface area (Å²) in [5.41, 5.74) is 6.24. The molecule has 86 valence electrons. The van der Waals surface area contributed by atoms with Crippen molar-refractivity contribution in [3.63, 3.8) is 0 Å². The first kappa shape index (κ1) is 10.9. The lowest BCUT2D eigenvalue weighted by Crippen LogP contribution is -2.56. The van der Waals surface area contributed by atoms with Crippen molar-refractivity contribution in [2.45, 2.75) is 0 Å². The van der Waals surface area contributed by atoms with Crippen LogP contribution in [0.3, 0.4) is 0 Å². The van der Waals surface area contributed by atoms with Gasteiger partial charge in [-0.05, 0) is 12.1 Å². The average Bonchev–Trinajstić information content (AvgIpc) is 2.31. The maximum atomic E-state index is 11.5. The van der Waals surface area contributed by atoms with E-state index in [1.807, 2.05) is 35.3 Å². The van der Waals surface area contributed by atoms with Crippen LogP contribution >= 0.6 is 0 Å². The lowest BCUT2D eigenvalue weighted by Gasteiger charge is -2.36. The summed E-state index contributed by atoms with van der Waals surface area (Å²) in [6.07, 6.45) is 0. The van der Waals surface area contributed by atoms with Crippen LogP contribution in [0.1, 0.15) is 0 Å². The number of urea groups is 1. The molecule has 5 heteroatoms. The Bertz CT molecular complexity index is 348. The molecule has 1 aromatic carbocycles. The van der Waals surface area contributed by atoms with Gasteiger partial charge in [0.25, 0.3) is 0 Å². The number of benzene rings is 1. The molecule has 0 unspecified atom stereocenters. The van der Waals surface area contributed by atoms with Gasteiger partial charge in [0.1, 0.15) is 0 Å². The lowest BCUT2D eigenvalue weighted by molar-refractivity contribution is 0.203. The fourth-order valence-electron chi connectivity index (χ4n) is 1.85. The summed E-state index contributed by atoms with van der Waals surface area (Å²) >= 11 is 0. The number of hydrogen-bond donors (Lipinski definition) is 2. The number of rotatable bonds is 2. The molecule has 3 N–H and O–H groups in total. The van der Waals surface area contributed by atoms with Crippen molar-refractivity contribution in [3.8, 4) is 0 Å². The highest BCUT2D eigenvalue weighted by Crippen LogP contribution is 2.15. The highest BCUT2D eigenvalue weighted by atomic mass is 16.2. The molecular weight excluding hydrogens is 204 g/mol. The second-order valence-corrected chi connectivity index (χ2v) is 3.69. The molecule has 0 radical (unpaired) electrons. The lowest BCUT2D eigenvalue weighted by atomic mass is 10.3. The highest BCUT2D eigenvalue weighted by Gasteiger charge is 2.22. The van der Waals surface area contributed by atoms with E-state index in [1.165, 1.54) is 0 Å². The summed E-state index contributed by atoms with van der Waals surface area (Å²) < 4.78 is 0. The standard InChI is InChI=1S/C11H16N4O/c12-11(16)15(10-4-2-1-3-5-10)14-8-6-13-7-9-14/h1-5,13H,6-9H2,(H2,12,16). The summed E-state index contributed by atoms with van der Waals surface area (Å²) in [4.78, 5) is 11.5. The molecule has 2 rings (SSSR count). The number of carbonyl (C=O) groups excluding carboxylic acids is 1. The zero-order valence-corrected chi connectivity index (χ0v) is 9.10. The van der Waals surface area contributed by atoms with Crippen LogP contribution in [0.4, 0.5) is 10.5 Å². The number of anilines is 1. The van der Waals surface area contributed by atoms with Gasteiger partial charge in [0.2, 0.25) is 0 Å². The second kappa shape index (κ2) is 4.96. The molecule has 0 bridgehead atoms. The molecule has 1 aromatic rings. The number of primary amides is 1. The van der Waals surface area contributed by atoms with Crippen LogP contribution in [0, 0.1) is 0 Å². The Morgan fingerprint density at radius 3 is 2.44 bits per heavy atom. The molecule has 5 nitrogen and oxygen atoms in total. The third-order valence-electron chi connectivity index (χ3n) is 2.59. The summed E-state index contributed by atoms with van der Waals surface area (Å²) in [6, 6.07) is 9.04. The molecule has 0 saturated carbocycles. The van der Waals surface area contributed by atoms with Crippen molar-refractivity contribution >= 4 is 11.7 Å². The van der Waals surface area contributed by atoms with Gasteiger partial charge in [-0.3, -0.25) is 0 Å². The van der Waals surface area contributed by atoms with Crippen molar-refractivity contribution in [1.29, 1.82) is 0 Å². The van der Waals surface area contributed by atoms with Crippen molar-refractivity contribution in [2.24, 2.45) is 5.73 Å². The first-order chi connectivity index (χ1) is 7.79. The number of para-hydroxylation sites is 1. The van der Waals surface area contributed by atoms with Crippen LogP contribution in [0.25, 0.3) is 0 Å². The molecule has 1 saturated heterocycles. The molecule has 0 atom stereocenters. The molecule has 1 fully saturated rings. The minimum absolute atomic E-state index is 0.437. The van der Waals surface area contributed by atoms with Gasteiger partial charge >= 0.3 is 6.03 Å². The van der Waals surface area contributed by atoms with Crippen molar-refractivity contribution in [2.75, 3.05) is 31.2 Å². The SMILES string of the molecule is NC(=O)N(c1ccccc1)N1CCNCC1. The number of hydrogen-bond acceptors (Lipinski definition) is 3. The molecular formula is C11H16N4O.